The van der Waals surface area contributed by atoms with Gasteiger partial charge < -0.3 is 9.47 Å². The summed E-state index contributed by atoms with van der Waals surface area (Å²) in [6, 6.07) is 20.8. The van der Waals surface area contributed by atoms with Crippen molar-refractivity contribution in [3.8, 4) is 0 Å². The lowest BCUT2D eigenvalue weighted by atomic mass is 9.89. The monoisotopic (exact) mass is 395 g/mol. The van der Waals surface area contributed by atoms with Crippen molar-refractivity contribution >= 4 is 13.4 Å². The van der Waals surface area contributed by atoms with E-state index in [9.17, 15) is 0 Å². The fraction of sp³-hybridized carbons (Fsp3) is 0.364. The summed E-state index contributed by atoms with van der Waals surface area (Å²) in [5.74, 6) is 0.0786. The molecule has 2 atom stereocenters. The normalized spacial score (nSPS) is 14.0. The van der Waals surface area contributed by atoms with Crippen molar-refractivity contribution in [3.63, 3.8) is 0 Å². The lowest BCUT2D eigenvalue weighted by molar-refractivity contribution is -0.0844. The number of rotatable bonds is 9. The van der Waals surface area contributed by atoms with Crippen LogP contribution in [0.1, 0.15) is 23.1 Å². The third-order valence-corrected chi connectivity index (χ3v) is 6.54. The summed E-state index contributed by atoms with van der Waals surface area (Å²) in [6.45, 7) is 7.77. The van der Waals surface area contributed by atoms with Crippen LogP contribution in [0, 0.1) is 0 Å². The van der Waals surface area contributed by atoms with Crippen LogP contribution < -0.4 is 5.32 Å². The van der Waals surface area contributed by atoms with Gasteiger partial charge in [-0.2, -0.15) is 0 Å². The van der Waals surface area contributed by atoms with E-state index in [0.29, 0.717) is 6.54 Å². The van der Waals surface area contributed by atoms with Crippen molar-refractivity contribution in [3.05, 3.63) is 78.0 Å². The Balaban J connectivity index is 1.96. The third-order valence-electron chi connectivity index (χ3n) is 4.78. The lowest BCUT2D eigenvalue weighted by Gasteiger charge is -2.28. The maximum Gasteiger partial charge on any atom is 0.147 e. The Kier molecular flexibility index (Phi) is 6.77. The molecule has 148 valence electrons. The summed E-state index contributed by atoms with van der Waals surface area (Å²) < 4.78 is 13.3. The first-order chi connectivity index (χ1) is 13.5. The van der Waals surface area contributed by atoms with Gasteiger partial charge in [-0.15, -0.1) is 5.10 Å². The second kappa shape index (κ2) is 9.27. The first-order valence-electron chi connectivity index (χ1n) is 9.60. The molecule has 1 heterocycles. The van der Waals surface area contributed by atoms with Gasteiger partial charge in [-0.1, -0.05) is 85.5 Å². The van der Waals surface area contributed by atoms with Gasteiger partial charge in [0.1, 0.15) is 14.9 Å². The molecule has 28 heavy (non-hydrogen) atoms. The molecule has 0 spiro atoms. The molecule has 0 aliphatic heterocycles. The molecular weight excluding hydrogens is 366 g/mol. The Hall–Kier alpha value is -2.28. The minimum atomic E-state index is -1.50. The molecule has 5 nitrogen and oxygen atoms in total. The van der Waals surface area contributed by atoms with Crippen molar-refractivity contribution < 1.29 is 9.47 Å². The minimum absolute atomic E-state index is 0.0786. The number of nitrogens with zero attached hydrogens (tertiary/aromatic N) is 3. The van der Waals surface area contributed by atoms with Crippen LogP contribution in [-0.4, -0.2) is 37.0 Å². The summed E-state index contributed by atoms with van der Waals surface area (Å²) in [5, 5.41) is 9.98. The van der Waals surface area contributed by atoms with Crippen LogP contribution in [0.3, 0.4) is 0 Å². The number of ether oxygens (including phenoxy) is 2. The van der Waals surface area contributed by atoms with Crippen LogP contribution in [0.15, 0.2) is 66.9 Å². The fourth-order valence-electron chi connectivity index (χ4n) is 3.24. The van der Waals surface area contributed by atoms with Crippen LogP contribution in [0.5, 0.6) is 0 Å². The van der Waals surface area contributed by atoms with E-state index >= 15 is 0 Å². The standard InChI is InChI=1S/C22H29N3O2Si/c1-26-17-27-22(19-13-9-6-10-14-19)20(18-11-7-5-8-12-18)15-25-16-21(23-24-25)28(2,3)4/h5-14,16,20,22H,15,17H2,1-4H3/t20-,22+/m0/s1. The minimum Gasteiger partial charge on any atom is -0.359 e. The zero-order valence-electron chi connectivity index (χ0n) is 17.1. The second-order valence-electron chi connectivity index (χ2n) is 8.00. The van der Waals surface area contributed by atoms with Crippen LogP contribution in [0.2, 0.25) is 19.6 Å². The van der Waals surface area contributed by atoms with Crippen molar-refractivity contribution in [2.45, 2.75) is 38.2 Å². The highest BCUT2D eigenvalue weighted by Crippen LogP contribution is 2.35. The summed E-state index contributed by atoms with van der Waals surface area (Å²) in [4.78, 5) is 0. The van der Waals surface area contributed by atoms with Crippen LogP contribution >= 0.6 is 0 Å². The summed E-state index contributed by atoms with van der Waals surface area (Å²) >= 11 is 0. The van der Waals surface area contributed by atoms with E-state index in [-0.39, 0.29) is 18.8 Å². The van der Waals surface area contributed by atoms with Gasteiger partial charge in [-0.3, -0.25) is 4.68 Å². The zero-order valence-corrected chi connectivity index (χ0v) is 18.1. The highest BCUT2D eigenvalue weighted by atomic mass is 28.3. The van der Waals surface area contributed by atoms with Gasteiger partial charge in [0.05, 0.1) is 18.0 Å². The summed E-state index contributed by atoms with van der Waals surface area (Å²) in [7, 11) is 0.149. The Labute approximate surface area is 168 Å². The van der Waals surface area contributed by atoms with Gasteiger partial charge >= 0.3 is 0 Å². The maximum absolute atomic E-state index is 6.17. The first kappa shape index (κ1) is 20.5. The van der Waals surface area contributed by atoms with Crippen molar-refractivity contribution in [1.29, 1.82) is 0 Å². The lowest BCUT2D eigenvalue weighted by Crippen LogP contribution is -2.38. The predicted molar refractivity (Wildman–Crippen MR) is 114 cm³/mol. The second-order valence-corrected chi connectivity index (χ2v) is 13.0. The number of benzene rings is 2. The van der Waals surface area contributed by atoms with E-state index in [1.807, 2.05) is 28.9 Å². The van der Waals surface area contributed by atoms with E-state index in [4.69, 9.17) is 9.47 Å². The number of hydrogen-bond acceptors (Lipinski definition) is 4. The maximum atomic E-state index is 6.17. The molecule has 0 aliphatic carbocycles. The third kappa shape index (κ3) is 5.16. The Morgan fingerprint density at radius 1 is 0.929 bits per heavy atom. The molecular formula is C22H29N3O2Si. The van der Waals surface area contributed by atoms with Gasteiger partial charge in [-0.25, -0.2) is 0 Å². The molecule has 3 aromatic rings. The van der Waals surface area contributed by atoms with E-state index < -0.39 is 8.07 Å². The SMILES string of the molecule is COCO[C@H](c1ccccc1)[C@@H](Cn1cc([Si](C)(C)C)nn1)c1ccccc1. The molecule has 6 heteroatoms. The fourth-order valence-corrected chi connectivity index (χ4v) is 4.12. The molecule has 0 amide bonds. The van der Waals surface area contributed by atoms with Gasteiger partial charge in [0, 0.05) is 19.2 Å². The number of methoxy groups -OCH3 is 1. The molecule has 3 rings (SSSR count). The van der Waals surface area contributed by atoms with E-state index in [1.54, 1.807) is 7.11 Å². The summed E-state index contributed by atoms with van der Waals surface area (Å²) in [5.41, 5.74) is 2.33. The van der Waals surface area contributed by atoms with E-state index in [2.05, 4.69) is 72.5 Å². The predicted octanol–water partition coefficient (Wildman–Crippen LogP) is 3.97. The van der Waals surface area contributed by atoms with E-state index in [1.165, 1.54) is 5.56 Å². The molecule has 0 radical (unpaired) electrons. The Morgan fingerprint density at radius 3 is 2.07 bits per heavy atom. The van der Waals surface area contributed by atoms with Crippen molar-refractivity contribution in [1.82, 2.24) is 15.0 Å². The Bertz CT molecular complexity index is 847. The average molecular weight is 396 g/mol. The Morgan fingerprint density at radius 2 is 1.54 bits per heavy atom. The van der Waals surface area contributed by atoms with Crippen LogP contribution in [-0.2, 0) is 16.0 Å². The van der Waals surface area contributed by atoms with Crippen molar-refractivity contribution in [2.75, 3.05) is 13.9 Å². The van der Waals surface area contributed by atoms with Gasteiger partial charge in [0.25, 0.3) is 0 Å². The van der Waals surface area contributed by atoms with Crippen molar-refractivity contribution in [2.24, 2.45) is 0 Å². The molecule has 0 saturated heterocycles. The van der Waals surface area contributed by atoms with Gasteiger partial charge in [0.15, 0.2) is 0 Å². The highest BCUT2D eigenvalue weighted by molar-refractivity contribution is 6.88. The molecule has 0 aliphatic rings. The molecule has 0 N–H and O–H groups in total. The highest BCUT2D eigenvalue weighted by Gasteiger charge is 2.28. The van der Waals surface area contributed by atoms with E-state index in [0.717, 1.165) is 10.9 Å². The topological polar surface area (TPSA) is 49.2 Å². The number of hydrogen-bond donors (Lipinski definition) is 0. The molecule has 0 bridgehead atoms. The molecule has 0 fully saturated rings. The molecule has 2 aromatic carbocycles. The van der Waals surface area contributed by atoms with Crippen LogP contribution in [0.4, 0.5) is 0 Å². The molecule has 0 unspecified atom stereocenters. The molecule has 1 aromatic heterocycles. The molecule has 0 saturated carbocycles. The first-order valence-corrected chi connectivity index (χ1v) is 13.1. The van der Waals surface area contributed by atoms with Gasteiger partial charge in [0.2, 0.25) is 0 Å². The average Bonchev–Trinajstić information content (AvgIpc) is 3.18. The summed E-state index contributed by atoms with van der Waals surface area (Å²) in [6.07, 6.45) is 1.95. The largest absolute Gasteiger partial charge is 0.359 e. The smallest absolute Gasteiger partial charge is 0.147 e. The zero-order chi connectivity index (χ0) is 20.0. The number of aromatic nitrogens is 3. The van der Waals surface area contributed by atoms with Crippen LogP contribution in [0.25, 0.3) is 0 Å². The van der Waals surface area contributed by atoms with Gasteiger partial charge in [-0.05, 0) is 11.1 Å². The quantitative estimate of drug-likeness (QED) is 0.406.